The van der Waals surface area contributed by atoms with Gasteiger partial charge >= 0.3 is 0 Å². The zero-order chi connectivity index (χ0) is 19.6. The van der Waals surface area contributed by atoms with Crippen molar-refractivity contribution >= 4 is 36.3 Å². The minimum absolute atomic E-state index is 0. The van der Waals surface area contributed by atoms with E-state index in [0.29, 0.717) is 18.7 Å². The number of fused-ring (bicyclic) bond motifs is 1. The Morgan fingerprint density at radius 3 is 2.61 bits per heavy atom. The lowest BCUT2D eigenvalue weighted by Gasteiger charge is -2.17. The van der Waals surface area contributed by atoms with Gasteiger partial charge in [0, 0.05) is 12.0 Å². The third-order valence-electron chi connectivity index (χ3n) is 4.56. The van der Waals surface area contributed by atoms with Gasteiger partial charge < -0.3 is 26.6 Å². The van der Waals surface area contributed by atoms with Gasteiger partial charge in [0.2, 0.25) is 12.7 Å². The first-order chi connectivity index (χ1) is 13.1. The quantitative estimate of drug-likeness (QED) is 0.298. The molecule has 0 unspecified atom stereocenters. The summed E-state index contributed by atoms with van der Waals surface area (Å²) in [6.07, 6.45) is 6.85. The van der Waals surface area contributed by atoms with Gasteiger partial charge in [0.15, 0.2) is 6.34 Å². The number of amides is 1. The number of methoxy groups -OCH3 is 1. The van der Waals surface area contributed by atoms with Crippen LogP contribution in [-0.4, -0.2) is 62.2 Å². The second-order valence-corrected chi connectivity index (χ2v) is 6.47. The van der Waals surface area contributed by atoms with Crippen LogP contribution in [0.3, 0.4) is 0 Å². The Morgan fingerprint density at radius 1 is 1.39 bits per heavy atom. The number of ether oxygens (including phenoxy) is 1. The largest absolute Gasteiger partial charge is 0.496 e. The normalized spacial score (nSPS) is 16.4. The number of piperidine rings is 1. The molecule has 1 fully saturated rings. The molecule has 2 aliphatic heterocycles. The first-order valence-corrected chi connectivity index (χ1v) is 9.08. The molecule has 0 saturated carbocycles. The lowest BCUT2D eigenvalue weighted by atomic mass is 10.0. The van der Waals surface area contributed by atoms with Crippen LogP contribution in [0.15, 0.2) is 22.1 Å². The van der Waals surface area contributed by atoms with Gasteiger partial charge in [-0.2, -0.15) is 4.99 Å². The molecule has 9 nitrogen and oxygen atoms in total. The van der Waals surface area contributed by atoms with Crippen molar-refractivity contribution in [2.45, 2.75) is 26.2 Å². The predicted molar refractivity (Wildman–Crippen MR) is 112 cm³/mol. The molecule has 0 atom stereocenters. The van der Waals surface area contributed by atoms with E-state index < -0.39 is 0 Å². The van der Waals surface area contributed by atoms with E-state index in [1.165, 1.54) is 32.3 Å². The van der Waals surface area contributed by atoms with E-state index >= 15 is 0 Å². The number of nitrogens with one attached hydrogen (secondary N) is 2. The maximum atomic E-state index is 10.6. The van der Waals surface area contributed by atoms with Crippen molar-refractivity contribution in [3.63, 3.8) is 0 Å². The summed E-state index contributed by atoms with van der Waals surface area (Å²) in [5, 5.41) is 5.89. The van der Waals surface area contributed by atoms with Gasteiger partial charge in [-0.3, -0.25) is 4.79 Å². The zero-order valence-corrected chi connectivity index (χ0v) is 16.7. The second kappa shape index (κ2) is 11.8. The molecule has 0 aliphatic carbocycles. The summed E-state index contributed by atoms with van der Waals surface area (Å²) in [6, 6.07) is 3.68. The van der Waals surface area contributed by atoms with Crippen LogP contribution < -0.4 is 21.1 Å². The summed E-state index contributed by atoms with van der Waals surface area (Å²) < 4.78 is 6.99. The van der Waals surface area contributed by atoms with E-state index in [0.717, 1.165) is 28.6 Å². The van der Waals surface area contributed by atoms with Crippen molar-refractivity contribution in [1.82, 2.24) is 10.6 Å². The third-order valence-corrected chi connectivity index (χ3v) is 4.56. The number of hydrogen-bond donors (Lipinski definition) is 3. The number of aliphatic imine (C=N–C) groups is 2. The van der Waals surface area contributed by atoms with Gasteiger partial charge in [-0.05, 0) is 44.0 Å². The highest BCUT2D eigenvalue weighted by Gasteiger charge is 2.24. The van der Waals surface area contributed by atoms with Crippen molar-refractivity contribution in [3.05, 3.63) is 17.7 Å². The predicted octanol–water partition coefficient (Wildman–Crippen LogP) is 0.498. The molecular weight excluding hydrogens is 360 g/mol. The molecule has 0 spiro atoms. The van der Waals surface area contributed by atoms with E-state index in [9.17, 15) is 4.79 Å². The molecule has 0 bridgehead atoms. The Balaban J connectivity index is 0.000000414. The van der Waals surface area contributed by atoms with Crippen LogP contribution in [0.1, 0.15) is 25.3 Å². The number of nitrogens with zero attached hydrogens (tertiary/aromatic N) is 3. The lowest BCUT2D eigenvalue weighted by molar-refractivity contribution is -0.289. The first-order valence-electron chi connectivity index (χ1n) is 9.08. The standard InChI is InChI=1S/C13H15N5O2.C6H13N.H2O/c1-15-7-18(6-14)10-3-4-11(20-2)9-5-12(16-8-19)17-13(9)10;1-6-2-4-7-5-3-6;/h3-4,6-8,14H,5H2,1-2H3,(H,16,17,19);6-7H,2-5H2,1H3;1H2/p+1. The van der Waals surface area contributed by atoms with E-state index in [-0.39, 0.29) is 5.48 Å². The molecule has 0 aromatic heterocycles. The molecule has 1 amide bonds. The SMILES string of the molecule is CC1CCNCC1.CN=C[N+](=CN)c1ccc(OC)c2c1N=C(NC=O)C2.O. The number of nitrogens with two attached hydrogens (primary N) is 1. The highest BCUT2D eigenvalue weighted by molar-refractivity contribution is 6.00. The van der Waals surface area contributed by atoms with Crippen LogP contribution in [0.5, 0.6) is 5.75 Å². The highest BCUT2D eigenvalue weighted by atomic mass is 16.5. The Kier molecular flexibility index (Phi) is 9.83. The molecule has 6 N–H and O–H groups in total. The van der Waals surface area contributed by atoms with Gasteiger partial charge in [0.05, 0.1) is 14.2 Å². The van der Waals surface area contributed by atoms with Gasteiger partial charge in [-0.25, -0.2) is 9.57 Å². The minimum Gasteiger partial charge on any atom is -0.496 e. The van der Waals surface area contributed by atoms with E-state index in [2.05, 4.69) is 27.5 Å². The average Bonchev–Trinajstić information content (AvgIpc) is 3.11. The Hall–Kier alpha value is -2.78. The Bertz CT molecular complexity index is 739. The fourth-order valence-corrected chi connectivity index (χ4v) is 3.07. The summed E-state index contributed by atoms with van der Waals surface area (Å²) >= 11 is 0. The van der Waals surface area contributed by atoms with Crippen LogP contribution in [0.25, 0.3) is 0 Å². The molecular formula is C19H31N6O3+. The number of rotatable bonds is 4. The first kappa shape index (κ1) is 23.3. The summed E-state index contributed by atoms with van der Waals surface area (Å²) in [6.45, 7) is 4.79. The molecule has 2 aliphatic rings. The molecule has 1 aromatic carbocycles. The monoisotopic (exact) mass is 391 g/mol. The summed E-state index contributed by atoms with van der Waals surface area (Å²) in [7, 11) is 3.25. The minimum atomic E-state index is 0. The van der Waals surface area contributed by atoms with Gasteiger partial charge in [-0.15, -0.1) is 0 Å². The summed E-state index contributed by atoms with van der Waals surface area (Å²) in [5.74, 6) is 2.27. The van der Waals surface area contributed by atoms with E-state index in [1.54, 1.807) is 25.1 Å². The molecule has 154 valence electrons. The molecule has 1 aromatic rings. The number of benzene rings is 1. The molecule has 3 rings (SSSR count). The zero-order valence-electron chi connectivity index (χ0n) is 16.7. The maximum Gasteiger partial charge on any atom is 0.223 e. The van der Waals surface area contributed by atoms with Crippen molar-refractivity contribution < 1.29 is 19.6 Å². The average molecular weight is 391 g/mol. The number of amidine groups is 1. The Morgan fingerprint density at radius 2 is 2.11 bits per heavy atom. The van der Waals surface area contributed by atoms with Crippen LogP contribution in [0.4, 0.5) is 11.4 Å². The summed E-state index contributed by atoms with van der Waals surface area (Å²) in [4.78, 5) is 18.9. The van der Waals surface area contributed by atoms with Crippen molar-refractivity contribution in [3.8, 4) is 5.75 Å². The number of carbonyl (C=O) groups is 1. The fourth-order valence-electron chi connectivity index (χ4n) is 3.07. The summed E-state index contributed by atoms with van der Waals surface area (Å²) in [5.41, 5.74) is 8.01. The van der Waals surface area contributed by atoms with Crippen molar-refractivity contribution in [1.29, 1.82) is 0 Å². The fraction of sp³-hybridized carbons (Fsp3) is 0.474. The van der Waals surface area contributed by atoms with Gasteiger partial charge in [0.25, 0.3) is 0 Å². The van der Waals surface area contributed by atoms with E-state index in [1.807, 2.05) is 12.1 Å². The Labute approximate surface area is 165 Å². The topological polar surface area (TPSA) is 136 Å². The molecule has 1 saturated heterocycles. The highest BCUT2D eigenvalue weighted by Crippen LogP contribution is 2.41. The van der Waals surface area contributed by atoms with Crippen LogP contribution in [0, 0.1) is 5.92 Å². The third kappa shape index (κ3) is 5.86. The number of carbonyl (C=O) groups excluding carboxylic acids is 1. The number of hydrogen-bond acceptors (Lipinski definition) is 5. The smallest absolute Gasteiger partial charge is 0.223 e. The van der Waals surface area contributed by atoms with Crippen molar-refractivity contribution in [2.75, 3.05) is 27.2 Å². The second-order valence-electron chi connectivity index (χ2n) is 6.47. The molecule has 0 radical (unpaired) electrons. The van der Waals surface area contributed by atoms with Crippen LogP contribution in [-0.2, 0) is 11.2 Å². The van der Waals surface area contributed by atoms with Crippen LogP contribution in [0.2, 0.25) is 0 Å². The maximum absolute atomic E-state index is 10.6. The van der Waals surface area contributed by atoms with Crippen LogP contribution >= 0.6 is 0 Å². The van der Waals surface area contributed by atoms with Gasteiger partial charge in [0.1, 0.15) is 23.0 Å². The molecule has 2 heterocycles. The molecule has 28 heavy (non-hydrogen) atoms. The van der Waals surface area contributed by atoms with Crippen molar-refractivity contribution in [2.24, 2.45) is 21.6 Å². The van der Waals surface area contributed by atoms with Gasteiger partial charge in [-0.1, -0.05) is 6.92 Å². The molecule has 9 heteroatoms. The lowest BCUT2D eigenvalue weighted by Crippen LogP contribution is -2.26. The van der Waals surface area contributed by atoms with E-state index in [4.69, 9.17) is 10.5 Å².